The summed E-state index contributed by atoms with van der Waals surface area (Å²) >= 11 is 1.27. The van der Waals surface area contributed by atoms with Crippen LogP contribution in [0.2, 0.25) is 0 Å². The Morgan fingerprint density at radius 3 is 2.48 bits per heavy atom. The highest BCUT2D eigenvalue weighted by Crippen LogP contribution is 2.29. The van der Waals surface area contributed by atoms with E-state index in [1.54, 1.807) is 35.7 Å². The molecule has 1 atom stereocenters. The lowest BCUT2D eigenvalue weighted by Gasteiger charge is -2.20. The fraction of sp³-hybridized carbons (Fsp3) is 0.217. The van der Waals surface area contributed by atoms with Crippen LogP contribution in [-0.2, 0) is 16.1 Å². The molecule has 0 aliphatic heterocycles. The molecule has 3 aromatic rings. The van der Waals surface area contributed by atoms with E-state index in [1.165, 1.54) is 11.3 Å². The highest BCUT2D eigenvalue weighted by molar-refractivity contribution is 7.11. The van der Waals surface area contributed by atoms with Crippen molar-refractivity contribution in [2.75, 3.05) is 6.61 Å². The lowest BCUT2D eigenvalue weighted by molar-refractivity contribution is -0.130. The first kappa shape index (κ1) is 20.6. The van der Waals surface area contributed by atoms with Crippen molar-refractivity contribution in [1.82, 2.24) is 5.32 Å². The van der Waals surface area contributed by atoms with Gasteiger partial charge in [-0.2, -0.15) is 0 Å². The molecule has 150 valence electrons. The zero-order valence-corrected chi connectivity index (χ0v) is 17.2. The van der Waals surface area contributed by atoms with Crippen molar-refractivity contribution in [2.24, 2.45) is 0 Å². The maximum Gasteiger partial charge on any atom is 0.349 e. The number of esters is 1. The quantitative estimate of drug-likeness (QED) is 0.549. The monoisotopic (exact) mass is 409 g/mol. The van der Waals surface area contributed by atoms with E-state index in [-0.39, 0.29) is 0 Å². The Balaban J connectivity index is 1.82. The smallest absolute Gasteiger partial charge is 0.349 e. The standard InChI is InChI=1S/C23H23NO4S/c1-3-27-19-8-5-4-7-18(19)21(28-23(26)20-9-6-14-29-20)22(25)24-15-17-12-10-16(2)11-13-17/h4-14,21H,3,15H2,1-2H3,(H,24,25). The first-order valence-electron chi connectivity index (χ1n) is 9.38. The Hall–Kier alpha value is -3.12. The minimum absolute atomic E-state index is 0.336. The second kappa shape index (κ2) is 9.89. The molecule has 1 N–H and O–H groups in total. The van der Waals surface area contributed by atoms with E-state index in [4.69, 9.17) is 9.47 Å². The largest absolute Gasteiger partial charge is 0.493 e. The number of thiophene rings is 1. The molecule has 0 fully saturated rings. The summed E-state index contributed by atoms with van der Waals surface area (Å²) in [6, 6.07) is 18.4. The van der Waals surface area contributed by atoms with Crippen molar-refractivity contribution in [2.45, 2.75) is 26.5 Å². The molecule has 1 heterocycles. The summed E-state index contributed by atoms with van der Waals surface area (Å²) < 4.78 is 11.3. The molecule has 0 radical (unpaired) electrons. The molecule has 1 amide bonds. The number of carbonyl (C=O) groups is 2. The molecule has 1 aromatic heterocycles. The van der Waals surface area contributed by atoms with Crippen LogP contribution in [0.15, 0.2) is 66.0 Å². The summed E-state index contributed by atoms with van der Waals surface area (Å²) in [6.45, 7) is 4.64. The molecule has 0 aliphatic rings. The zero-order valence-electron chi connectivity index (χ0n) is 16.4. The Labute approximate surface area is 174 Å². The van der Waals surface area contributed by atoms with Crippen LogP contribution in [0.5, 0.6) is 5.75 Å². The summed E-state index contributed by atoms with van der Waals surface area (Å²) in [5.74, 6) is -0.422. The summed E-state index contributed by atoms with van der Waals surface area (Å²) in [7, 11) is 0. The van der Waals surface area contributed by atoms with Gasteiger partial charge in [0.2, 0.25) is 6.10 Å². The fourth-order valence-corrected chi connectivity index (χ4v) is 3.40. The molecule has 2 aromatic carbocycles. The average molecular weight is 410 g/mol. The van der Waals surface area contributed by atoms with Gasteiger partial charge in [0.1, 0.15) is 10.6 Å². The third kappa shape index (κ3) is 5.45. The van der Waals surface area contributed by atoms with E-state index in [0.29, 0.717) is 29.3 Å². The molecule has 0 saturated carbocycles. The first-order valence-corrected chi connectivity index (χ1v) is 10.3. The number of benzene rings is 2. The van der Waals surface area contributed by atoms with E-state index < -0.39 is 18.0 Å². The second-order valence-electron chi connectivity index (χ2n) is 6.44. The van der Waals surface area contributed by atoms with Crippen molar-refractivity contribution in [1.29, 1.82) is 0 Å². The average Bonchev–Trinajstić information content (AvgIpc) is 3.27. The number of amides is 1. The van der Waals surface area contributed by atoms with E-state index in [2.05, 4.69) is 5.32 Å². The Morgan fingerprint density at radius 1 is 1.03 bits per heavy atom. The van der Waals surface area contributed by atoms with Gasteiger partial charge in [0.15, 0.2) is 0 Å². The maximum absolute atomic E-state index is 13.0. The predicted molar refractivity (Wildman–Crippen MR) is 113 cm³/mol. The van der Waals surface area contributed by atoms with Crippen LogP contribution < -0.4 is 10.1 Å². The van der Waals surface area contributed by atoms with E-state index in [1.807, 2.05) is 44.2 Å². The summed E-state index contributed by atoms with van der Waals surface area (Å²) in [4.78, 5) is 26.0. The van der Waals surface area contributed by atoms with Gasteiger partial charge < -0.3 is 14.8 Å². The second-order valence-corrected chi connectivity index (χ2v) is 7.38. The van der Waals surface area contributed by atoms with Crippen molar-refractivity contribution in [3.05, 3.63) is 87.6 Å². The summed E-state index contributed by atoms with van der Waals surface area (Å²) in [5.41, 5.74) is 2.62. The van der Waals surface area contributed by atoms with Gasteiger partial charge in [-0.25, -0.2) is 4.79 Å². The van der Waals surface area contributed by atoms with Crippen molar-refractivity contribution < 1.29 is 19.1 Å². The highest BCUT2D eigenvalue weighted by atomic mass is 32.1. The molecule has 3 rings (SSSR count). The third-order valence-corrected chi connectivity index (χ3v) is 5.12. The number of nitrogens with one attached hydrogen (secondary N) is 1. The zero-order chi connectivity index (χ0) is 20.6. The Morgan fingerprint density at radius 2 is 1.79 bits per heavy atom. The predicted octanol–water partition coefficient (Wildman–Crippen LogP) is 4.67. The van der Waals surface area contributed by atoms with E-state index in [9.17, 15) is 9.59 Å². The SMILES string of the molecule is CCOc1ccccc1C(OC(=O)c1cccs1)C(=O)NCc1ccc(C)cc1. The van der Waals surface area contributed by atoms with Crippen molar-refractivity contribution >= 4 is 23.2 Å². The van der Waals surface area contributed by atoms with Crippen LogP contribution >= 0.6 is 11.3 Å². The molecule has 0 saturated heterocycles. The van der Waals surface area contributed by atoms with Gasteiger partial charge in [-0.05, 0) is 36.9 Å². The van der Waals surface area contributed by atoms with Crippen molar-refractivity contribution in [3.8, 4) is 5.75 Å². The van der Waals surface area contributed by atoms with Gasteiger partial charge in [-0.15, -0.1) is 11.3 Å². The van der Waals surface area contributed by atoms with Gasteiger partial charge in [0.25, 0.3) is 5.91 Å². The van der Waals surface area contributed by atoms with Gasteiger partial charge in [0, 0.05) is 12.1 Å². The van der Waals surface area contributed by atoms with Gasteiger partial charge in [0.05, 0.1) is 6.61 Å². The van der Waals surface area contributed by atoms with E-state index in [0.717, 1.165) is 11.1 Å². The number of para-hydroxylation sites is 1. The number of carbonyl (C=O) groups excluding carboxylic acids is 2. The minimum atomic E-state index is -1.11. The lowest BCUT2D eigenvalue weighted by atomic mass is 10.1. The van der Waals surface area contributed by atoms with Crippen LogP contribution in [0.1, 0.15) is 39.4 Å². The number of ether oxygens (including phenoxy) is 2. The third-order valence-electron chi connectivity index (χ3n) is 4.27. The van der Waals surface area contributed by atoms with Crippen LogP contribution in [-0.4, -0.2) is 18.5 Å². The van der Waals surface area contributed by atoms with E-state index >= 15 is 0 Å². The molecule has 6 heteroatoms. The van der Waals surface area contributed by atoms with Crippen LogP contribution in [0.3, 0.4) is 0 Å². The van der Waals surface area contributed by atoms with Crippen LogP contribution in [0.25, 0.3) is 0 Å². The molecule has 0 spiro atoms. The molecule has 0 bridgehead atoms. The number of aryl methyl sites for hydroxylation is 1. The lowest BCUT2D eigenvalue weighted by Crippen LogP contribution is -2.32. The first-order chi connectivity index (χ1) is 14.1. The van der Waals surface area contributed by atoms with Crippen LogP contribution in [0.4, 0.5) is 0 Å². The van der Waals surface area contributed by atoms with Crippen LogP contribution in [0, 0.1) is 6.92 Å². The highest BCUT2D eigenvalue weighted by Gasteiger charge is 2.28. The number of hydrogen-bond acceptors (Lipinski definition) is 5. The van der Waals surface area contributed by atoms with Gasteiger partial charge in [-0.3, -0.25) is 4.79 Å². The number of hydrogen-bond donors (Lipinski definition) is 1. The molecule has 5 nitrogen and oxygen atoms in total. The van der Waals surface area contributed by atoms with Crippen molar-refractivity contribution in [3.63, 3.8) is 0 Å². The topological polar surface area (TPSA) is 64.6 Å². The minimum Gasteiger partial charge on any atom is -0.493 e. The maximum atomic E-state index is 13.0. The molecule has 29 heavy (non-hydrogen) atoms. The molecular weight excluding hydrogens is 386 g/mol. The Bertz CT molecular complexity index is 951. The number of rotatable bonds is 8. The molecule has 1 unspecified atom stereocenters. The molecule has 0 aliphatic carbocycles. The summed E-state index contributed by atoms with van der Waals surface area (Å²) in [5, 5.41) is 4.66. The van der Waals surface area contributed by atoms with Gasteiger partial charge in [-0.1, -0.05) is 54.1 Å². The molecular formula is C23H23NO4S. The fourth-order valence-electron chi connectivity index (χ4n) is 2.79. The Kier molecular flexibility index (Phi) is 7.03. The summed E-state index contributed by atoms with van der Waals surface area (Å²) in [6.07, 6.45) is -1.11. The normalized spacial score (nSPS) is 11.5. The van der Waals surface area contributed by atoms with Gasteiger partial charge >= 0.3 is 5.97 Å².